The number of aromatic amines is 1. The molecule has 5 heteroatoms. The van der Waals surface area contributed by atoms with Crippen LogP contribution in [0.2, 0.25) is 0 Å². The number of carboxylic acid groups (broad SMARTS) is 1. The van der Waals surface area contributed by atoms with Gasteiger partial charge in [0, 0.05) is 11.8 Å². The molecule has 0 radical (unpaired) electrons. The Morgan fingerprint density at radius 3 is 3.10 bits per heavy atom. The largest absolute Gasteiger partial charge is 0.481 e. The second-order valence-electron chi connectivity index (χ2n) is 5.38. The number of allylic oxidation sites excluding steroid dienone is 2. The zero-order valence-corrected chi connectivity index (χ0v) is 11.3. The molecule has 104 valence electrons. The van der Waals surface area contributed by atoms with Gasteiger partial charge in [0.15, 0.2) is 0 Å². The van der Waals surface area contributed by atoms with Gasteiger partial charge in [0.05, 0.1) is 17.6 Å². The lowest BCUT2D eigenvalue weighted by Crippen LogP contribution is -2.22. The standard InChI is InChI=1S/C15H17N3O2/c1-9(15(19)20)10-2-4-11(5-3-10)12-6-7-16-13-8-17-18-14(12)13/h4,6-10H,2-3,5H2,1H3,(H,17,18)(H,19,20). The lowest BCUT2D eigenvalue weighted by Gasteiger charge is -2.25. The van der Waals surface area contributed by atoms with Crippen LogP contribution >= 0.6 is 0 Å². The van der Waals surface area contributed by atoms with Crippen LogP contribution in [0.1, 0.15) is 31.7 Å². The maximum absolute atomic E-state index is 11.0. The smallest absolute Gasteiger partial charge is 0.306 e. The third-order valence-corrected chi connectivity index (χ3v) is 4.24. The molecule has 5 nitrogen and oxygen atoms in total. The summed E-state index contributed by atoms with van der Waals surface area (Å²) in [5.74, 6) is -0.750. The first kappa shape index (κ1) is 12.8. The minimum atomic E-state index is -0.702. The highest BCUT2D eigenvalue weighted by Gasteiger charge is 2.26. The normalized spacial score (nSPS) is 20.6. The number of carboxylic acids is 1. The van der Waals surface area contributed by atoms with Gasteiger partial charge in [0.2, 0.25) is 0 Å². The minimum Gasteiger partial charge on any atom is -0.481 e. The van der Waals surface area contributed by atoms with Crippen molar-refractivity contribution in [1.82, 2.24) is 15.2 Å². The molecule has 2 aromatic rings. The fourth-order valence-corrected chi connectivity index (χ4v) is 2.87. The van der Waals surface area contributed by atoms with E-state index in [2.05, 4.69) is 21.3 Å². The second kappa shape index (κ2) is 5.07. The number of pyridine rings is 1. The van der Waals surface area contributed by atoms with Crippen molar-refractivity contribution < 1.29 is 9.90 Å². The number of nitrogens with one attached hydrogen (secondary N) is 1. The number of H-pyrrole nitrogens is 1. The number of hydrogen-bond donors (Lipinski definition) is 2. The molecule has 2 aromatic heterocycles. The molecule has 0 saturated carbocycles. The Labute approximate surface area is 116 Å². The number of nitrogens with zero attached hydrogens (tertiary/aromatic N) is 2. The van der Waals surface area contributed by atoms with Crippen LogP contribution in [0.15, 0.2) is 24.5 Å². The predicted octanol–water partition coefficient (Wildman–Crippen LogP) is 2.86. The first-order chi connectivity index (χ1) is 9.66. The van der Waals surface area contributed by atoms with Crippen LogP contribution in [0.5, 0.6) is 0 Å². The molecule has 0 aromatic carbocycles. The van der Waals surface area contributed by atoms with Crippen LogP contribution in [0, 0.1) is 11.8 Å². The molecule has 1 aliphatic rings. The van der Waals surface area contributed by atoms with Gasteiger partial charge in [-0.15, -0.1) is 0 Å². The van der Waals surface area contributed by atoms with E-state index in [9.17, 15) is 4.79 Å². The summed E-state index contributed by atoms with van der Waals surface area (Å²) in [7, 11) is 0. The molecular formula is C15H17N3O2. The van der Waals surface area contributed by atoms with Gasteiger partial charge < -0.3 is 5.11 Å². The third kappa shape index (κ3) is 2.19. The Hall–Kier alpha value is -2.17. The van der Waals surface area contributed by atoms with Gasteiger partial charge in [-0.3, -0.25) is 14.9 Å². The molecule has 2 heterocycles. The molecule has 20 heavy (non-hydrogen) atoms. The lowest BCUT2D eigenvalue weighted by atomic mass is 9.80. The summed E-state index contributed by atoms with van der Waals surface area (Å²) in [4.78, 5) is 15.3. The van der Waals surface area contributed by atoms with E-state index in [4.69, 9.17) is 5.11 Å². The maximum atomic E-state index is 11.0. The van der Waals surface area contributed by atoms with Gasteiger partial charge in [-0.25, -0.2) is 0 Å². The molecule has 2 N–H and O–H groups in total. The Morgan fingerprint density at radius 1 is 1.55 bits per heavy atom. The molecule has 0 spiro atoms. The van der Waals surface area contributed by atoms with Crippen molar-refractivity contribution in [2.45, 2.75) is 26.2 Å². The Morgan fingerprint density at radius 2 is 2.40 bits per heavy atom. The van der Waals surface area contributed by atoms with Crippen molar-refractivity contribution in [2.75, 3.05) is 0 Å². The summed E-state index contributed by atoms with van der Waals surface area (Å²) in [6, 6.07) is 1.99. The monoisotopic (exact) mass is 271 g/mol. The van der Waals surface area contributed by atoms with Crippen molar-refractivity contribution in [3.05, 3.63) is 30.1 Å². The molecule has 0 saturated heterocycles. The first-order valence-electron chi connectivity index (χ1n) is 6.87. The van der Waals surface area contributed by atoms with E-state index in [-0.39, 0.29) is 11.8 Å². The van der Waals surface area contributed by atoms with Gasteiger partial charge in [-0.05, 0) is 36.8 Å². The van der Waals surface area contributed by atoms with Crippen molar-refractivity contribution >= 4 is 22.6 Å². The van der Waals surface area contributed by atoms with Gasteiger partial charge in [0.1, 0.15) is 5.52 Å². The summed E-state index contributed by atoms with van der Waals surface area (Å²) >= 11 is 0. The fraction of sp³-hybridized carbons (Fsp3) is 0.400. The van der Waals surface area contributed by atoms with E-state index in [0.717, 1.165) is 35.9 Å². The van der Waals surface area contributed by atoms with E-state index in [1.165, 1.54) is 5.57 Å². The Kier molecular flexibility index (Phi) is 3.26. The molecule has 1 aliphatic carbocycles. The van der Waals surface area contributed by atoms with Crippen molar-refractivity contribution in [3.63, 3.8) is 0 Å². The predicted molar refractivity (Wildman–Crippen MR) is 76.0 cm³/mol. The minimum absolute atomic E-state index is 0.232. The van der Waals surface area contributed by atoms with Crippen LogP contribution < -0.4 is 0 Å². The van der Waals surface area contributed by atoms with E-state index < -0.39 is 5.97 Å². The highest BCUT2D eigenvalue weighted by molar-refractivity contribution is 5.88. The van der Waals surface area contributed by atoms with Gasteiger partial charge in [-0.2, -0.15) is 5.10 Å². The molecule has 0 fully saturated rings. The SMILES string of the molecule is CC(C(=O)O)C1CC=C(c2ccnc3cn[nH]c23)CC1. The number of aromatic nitrogens is 3. The third-order valence-electron chi connectivity index (χ3n) is 4.24. The van der Waals surface area contributed by atoms with Gasteiger partial charge >= 0.3 is 5.97 Å². The topological polar surface area (TPSA) is 78.9 Å². The van der Waals surface area contributed by atoms with Gasteiger partial charge in [0.25, 0.3) is 0 Å². The summed E-state index contributed by atoms with van der Waals surface area (Å²) in [5, 5.41) is 16.1. The van der Waals surface area contributed by atoms with Crippen LogP contribution in [0.25, 0.3) is 16.6 Å². The molecule has 0 aliphatic heterocycles. The number of aliphatic carboxylic acids is 1. The summed E-state index contributed by atoms with van der Waals surface area (Å²) in [5.41, 5.74) is 4.22. The molecule has 3 rings (SSSR count). The van der Waals surface area contributed by atoms with E-state index in [1.807, 2.05) is 6.07 Å². The summed E-state index contributed by atoms with van der Waals surface area (Å²) in [6.07, 6.45) is 8.32. The fourth-order valence-electron chi connectivity index (χ4n) is 2.87. The number of fused-ring (bicyclic) bond motifs is 1. The Bertz CT molecular complexity index is 675. The average molecular weight is 271 g/mol. The van der Waals surface area contributed by atoms with Crippen LogP contribution in [0.4, 0.5) is 0 Å². The first-order valence-corrected chi connectivity index (χ1v) is 6.87. The molecule has 2 unspecified atom stereocenters. The van der Waals surface area contributed by atoms with Crippen molar-refractivity contribution in [2.24, 2.45) is 11.8 Å². The average Bonchev–Trinajstić information content (AvgIpc) is 2.95. The van der Waals surface area contributed by atoms with Crippen molar-refractivity contribution in [3.8, 4) is 0 Å². The molecule has 0 bridgehead atoms. The number of rotatable bonds is 3. The van der Waals surface area contributed by atoms with E-state index in [0.29, 0.717) is 0 Å². The quantitative estimate of drug-likeness (QED) is 0.899. The van der Waals surface area contributed by atoms with Crippen molar-refractivity contribution in [1.29, 1.82) is 0 Å². The van der Waals surface area contributed by atoms with E-state index >= 15 is 0 Å². The molecular weight excluding hydrogens is 254 g/mol. The zero-order valence-electron chi connectivity index (χ0n) is 11.3. The van der Waals surface area contributed by atoms with Crippen LogP contribution in [-0.2, 0) is 4.79 Å². The lowest BCUT2D eigenvalue weighted by molar-refractivity contribution is -0.143. The van der Waals surface area contributed by atoms with Gasteiger partial charge in [-0.1, -0.05) is 13.0 Å². The molecule has 0 amide bonds. The summed E-state index contributed by atoms with van der Waals surface area (Å²) in [6.45, 7) is 1.80. The van der Waals surface area contributed by atoms with Crippen LogP contribution in [0.3, 0.4) is 0 Å². The zero-order chi connectivity index (χ0) is 14.1. The van der Waals surface area contributed by atoms with Crippen LogP contribution in [-0.4, -0.2) is 26.3 Å². The van der Waals surface area contributed by atoms with E-state index in [1.54, 1.807) is 19.3 Å². The highest BCUT2D eigenvalue weighted by Crippen LogP contribution is 2.35. The Balaban J connectivity index is 1.86. The highest BCUT2D eigenvalue weighted by atomic mass is 16.4. The number of carbonyl (C=O) groups is 1. The number of hydrogen-bond acceptors (Lipinski definition) is 3. The second-order valence-corrected chi connectivity index (χ2v) is 5.38. The molecule has 2 atom stereocenters. The summed E-state index contributed by atoms with van der Waals surface area (Å²) < 4.78 is 0. The maximum Gasteiger partial charge on any atom is 0.306 e.